The maximum absolute atomic E-state index is 13.6. The summed E-state index contributed by atoms with van der Waals surface area (Å²) in [5.74, 6) is 0.358. The molecule has 2 aromatic rings. The van der Waals surface area contributed by atoms with E-state index in [-0.39, 0.29) is 30.8 Å². The van der Waals surface area contributed by atoms with E-state index in [2.05, 4.69) is 5.32 Å². The van der Waals surface area contributed by atoms with Crippen LogP contribution in [-0.2, 0) is 26.2 Å². The van der Waals surface area contributed by atoms with Crippen molar-refractivity contribution in [1.29, 1.82) is 0 Å². The van der Waals surface area contributed by atoms with Crippen LogP contribution in [0.2, 0.25) is 0 Å². The van der Waals surface area contributed by atoms with Gasteiger partial charge in [0.15, 0.2) is 0 Å². The van der Waals surface area contributed by atoms with E-state index in [1.807, 2.05) is 38.1 Å². The van der Waals surface area contributed by atoms with E-state index >= 15 is 0 Å². The lowest BCUT2D eigenvalue weighted by molar-refractivity contribution is -0.141. The molecule has 1 unspecified atom stereocenters. The second kappa shape index (κ2) is 14.4. The molecule has 3 rings (SSSR count). The number of hydrogen-bond donors (Lipinski definition) is 1. The summed E-state index contributed by atoms with van der Waals surface area (Å²) in [5.41, 5.74) is 2.59. The van der Waals surface area contributed by atoms with Gasteiger partial charge in [-0.3, -0.25) is 13.9 Å². The third kappa shape index (κ3) is 8.98. The monoisotopic (exact) mass is 557 g/mol. The first kappa shape index (κ1) is 30.5. The van der Waals surface area contributed by atoms with Crippen molar-refractivity contribution in [3.8, 4) is 5.75 Å². The van der Waals surface area contributed by atoms with E-state index in [1.165, 1.54) is 10.7 Å². The highest BCUT2D eigenvalue weighted by molar-refractivity contribution is 7.92. The first-order chi connectivity index (χ1) is 18.6. The number of nitrogens with zero attached hydrogens (tertiary/aromatic N) is 2. The van der Waals surface area contributed by atoms with Crippen LogP contribution in [0.5, 0.6) is 5.75 Å². The van der Waals surface area contributed by atoms with Gasteiger partial charge in [0.05, 0.1) is 19.1 Å². The molecule has 1 aliphatic carbocycles. The zero-order valence-corrected chi connectivity index (χ0v) is 24.5. The van der Waals surface area contributed by atoms with E-state index in [1.54, 1.807) is 36.3 Å². The molecule has 9 heteroatoms. The molecular weight excluding hydrogens is 514 g/mol. The van der Waals surface area contributed by atoms with Crippen LogP contribution >= 0.6 is 0 Å². The van der Waals surface area contributed by atoms with Gasteiger partial charge >= 0.3 is 0 Å². The van der Waals surface area contributed by atoms with Crippen LogP contribution in [0.4, 0.5) is 5.69 Å². The standard InChI is InChI=1S/C30H43N3O5S/c1-5-28(30(35)31-25-10-7-6-8-11-25)32(22-24-15-13-23(2)14-16-24)29(34)12-9-21-33(39(4,36)37)26-17-19-27(38-3)20-18-26/h13-20,25,28H,5-12,21-22H2,1-4H3,(H,31,35). The Kier molecular flexibility index (Phi) is 11.2. The molecule has 0 spiro atoms. The number of amides is 2. The van der Waals surface area contributed by atoms with Gasteiger partial charge in [0.25, 0.3) is 0 Å². The SMILES string of the molecule is CCC(C(=O)NC1CCCCC1)N(Cc1ccc(C)cc1)C(=O)CCCN(c1ccc(OC)cc1)S(C)(=O)=O. The van der Waals surface area contributed by atoms with Crippen molar-refractivity contribution >= 4 is 27.5 Å². The Morgan fingerprint density at radius 1 is 1.03 bits per heavy atom. The van der Waals surface area contributed by atoms with E-state index in [0.29, 0.717) is 30.8 Å². The Morgan fingerprint density at radius 3 is 2.23 bits per heavy atom. The van der Waals surface area contributed by atoms with Gasteiger partial charge in [0.2, 0.25) is 21.8 Å². The van der Waals surface area contributed by atoms with E-state index in [9.17, 15) is 18.0 Å². The molecule has 0 radical (unpaired) electrons. The Balaban J connectivity index is 1.74. The van der Waals surface area contributed by atoms with E-state index in [4.69, 9.17) is 4.74 Å². The first-order valence-corrected chi connectivity index (χ1v) is 15.7. The number of aryl methyl sites for hydroxylation is 1. The minimum absolute atomic E-state index is 0.110. The second-order valence-electron chi connectivity index (χ2n) is 10.4. The van der Waals surface area contributed by atoms with Gasteiger partial charge in [-0.25, -0.2) is 8.42 Å². The predicted molar refractivity (Wildman–Crippen MR) is 155 cm³/mol. The third-order valence-corrected chi connectivity index (χ3v) is 8.52. The normalized spacial score (nSPS) is 14.9. The fraction of sp³-hybridized carbons (Fsp3) is 0.533. The number of rotatable bonds is 13. The highest BCUT2D eigenvalue weighted by Gasteiger charge is 2.30. The van der Waals surface area contributed by atoms with Gasteiger partial charge in [-0.15, -0.1) is 0 Å². The van der Waals surface area contributed by atoms with Gasteiger partial charge in [0, 0.05) is 25.6 Å². The van der Waals surface area contributed by atoms with Crippen LogP contribution in [0.25, 0.3) is 0 Å². The summed E-state index contributed by atoms with van der Waals surface area (Å²) in [6.07, 6.45) is 7.47. The lowest BCUT2D eigenvalue weighted by Gasteiger charge is -2.33. The maximum Gasteiger partial charge on any atom is 0.243 e. The van der Waals surface area contributed by atoms with Crippen LogP contribution in [0.3, 0.4) is 0 Å². The molecule has 1 fully saturated rings. The second-order valence-corrected chi connectivity index (χ2v) is 12.3. The summed E-state index contributed by atoms with van der Waals surface area (Å²) in [7, 11) is -2.00. The van der Waals surface area contributed by atoms with Crippen molar-refractivity contribution in [3.05, 3.63) is 59.7 Å². The number of carbonyl (C=O) groups excluding carboxylic acids is 2. The molecular formula is C30H43N3O5S. The molecule has 0 bridgehead atoms. The lowest BCUT2D eigenvalue weighted by atomic mass is 9.95. The van der Waals surface area contributed by atoms with Crippen LogP contribution < -0.4 is 14.4 Å². The Hall–Kier alpha value is -3.07. The Bertz CT molecular complexity index is 1180. The fourth-order valence-corrected chi connectivity index (χ4v) is 6.07. The zero-order chi connectivity index (χ0) is 28.4. The lowest BCUT2D eigenvalue weighted by Crippen LogP contribution is -2.51. The average Bonchev–Trinajstić information content (AvgIpc) is 2.92. The number of ether oxygens (including phenoxy) is 1. The van der Waals surface area contributed by atoms with Gasteiger partial charge < -0.3 is 15.0 Å². The number of benzene rings is 2. The molecule has 0 aromatic heterocycles. The zero-order valence-electron chi connectivity index (χ0n) is 23.7. The van der Waals surface area contributed by atoms with Gasteiger partial charge in [0.1, 0.15) is 11.8 Å². The van der Waals surface area contributed by atoms with Gasteiger partial charge in [-0.2, -0.15) is 0 Å². The molecule has 1 saturated carbocycles. The third-order valence-electron chi connectivity index (χ3n) is 7.32. The number of hydrogen-bond acceptors (Lipinski definition) is 5. The maximum atomic E-state index is 13.6. The summed E-state index contributed by atoms with van der Waals surface area (Å²) >= 11 is 0. The summed E-state index contributed by atoms with van der Waals surface area (Å²) < 4.78 is 31.6. The quantitative estimate of drug-likeness (QED) is 0.382. The summed E-state index contributed by atoms with van der Waals surface area (Å²) in [4.78, 5) is 28.7. The van der Waals surface area contributed by atoms with Crippen molar-refractivity contribution in [1.82, 2.24) is 10.2 Å². The minimum Gasteiger partial charge on any atom is -0.497 e. The average molecular weight is 558 g/mol. The highest BCUT2D eigenvalue weighted by Crippen LogP contribution is 2.23. The first-order valence-electron chi connectivity index (χ1n) is 13.9. The van der Waals surface area contributed by atoms with Gasteiger partial charge in [-0.1, -0.05) is 56.0 Å². The summed E-state index contributed by atoms with van der Waals surface area (Å²) in [5, 5.41) is 3.19. The summed E-state index contributed by atoms with van der Waals surface area (Å²) in [6.45, 7) is 4.41. The van der Waals surface area contributed by atoms with Crippen molar-refractivity contribution < 1.29 is 22.7 Å². The minimum atomic E-state index is -3.56. The molecule has 39 heavy (non-hydrogen) atoms. The molecule has 0 saturated heterocycles. The molecule has 1 atom stereocenters. The van der Waals surface area contributed by atoms with E-state index in [0.717, 1.165) is 43.1 Å². The number of anilines is 1. The smallest absolute Gasteiger partial charge is 0.243 e. The fourth-order valence-electron chi connectivity index (χ4n) is 5.11. The molecule has 2 amide bonds. The molecule has 1 N–H and O–H groups in total. The number of methoxy groups -OCH3 is 1. The van der Waals surface area contributed by atoms with Crippen LogP contribution in [-0.4, -0.2) is 57.1 Å². The van der Waals surface area contributed by atoms with Crippen LogP contribution in [0.15, 0.2) is 48.5 Å². The highest BCUT2D eigenvalue weighted by atomic mass is 32.2. The number of sulfonamides is 1. The molecule has 2 aromatic carbocycles. The van der Waals surface area contributed by atoms with Gasteiger partial charge in [-0.05, 0) is 62.4 Å². The Labute approximate surface area is 233 Å². The topological polar surface area (TPSA) is 96.0 Å². The van der Waals surface area contributed by atoms with Crippen LogP contribution in [0, 0.1) is 6.92 Å². The number of carbonyl (C=O) groups is 2. The Morgan fingerprint density at radius 2 is 1.67 bits per heavy atom. The summed E-state index contributed by atoms with van der Waals surface area (Å²) in [6, 6.07) is 14.3. The molecule has 214 valence electrons. The molecule has 1 aliphatic rings. The molecule has 0 aliphatic heterocycles. The number of nitrogens with one attached hydrogen (secondary N) is 1. The van der Waals surface area contributed by atoms with Crippen molar-refractivity contribution in [2.24, 2.45) is 0 Å². The molecule has 0 heterocycles. The van der Waals surface area contributed by atoms with Crippen molar-refractivity contribution in [2.45, 2.75) is 83.8 Å². The predicted octanol–water partition coefficient (Wildman–Crippen LogP) is 4.81. The van der Waals surface area contributed by atoms with E-state index < -0.39 is 16.1 Å². The largest absolute Gasteiger partial charge is 0.497 e. The van der Waals surface area contributed by atoms with Crippen molar-refractivity contribution in [2.75, 3.05) is 24.2 Å². The van der Waals surface area contributed by atoms with Crippen LogP contribution in [0.1, 0.15) is 69.4 Å². The molecule has 8 nitrogen and oxygen atoms in total. The van der Waals surface area contributed by atoms with Crippen molar-refractivity contribution in [3.63, 3.8) is 0 Å².